The zero-order chi connectivity index (χ0) is 17.6. The van der Waals surface area contributed by atoms with Crippen LogP contribution in [0.4, 0.5) is 5.13 Å². The lowest BCUT2D eigenvalue weighted by Gasteiger charge is -2.21. The number of carbonyl (C=O) groups is 1. The van der Waals surface area contributed by atoms with Crippen LogP contribution in [0, 0.1) is 0 Å². The number of amides is 1. The zero-order valence-electron chi connectivity index (χ0n) is 14.7. The van der Waals surface area contributed by atoms with Crippen molar-refractivity contribution >= 4 is 32.6 Å². The van der Waals surface area contributed by atoms with Gasteiger partial charge in [-0.25, -0.2) is 4.98 Å². The molecule has 1 heterocycles. The Morgan fingerprint density at radius 1 is 1.00 bits per heavy atom. The number of anilines is 1. The molecule has 0 unspecified atom stereocenters. The molecule has 5 heteroatoms. The number of fused-ring (bicyclic) bond motifs is 1. The van der Waals surface area contributed by atoms with E-state index in [4.69, 9.17) is 0 Å². The Morgan fingerprint density at radius 2 is 1.72 bits per heavy atom. The number of carbonyl (C=O) groups excluding carboxylic acids is 1. The molecule has 0 radical (unpaired) electrons. The van der Waals surface area contributed by atoms with Crippen LogP contribution in [0.25, 0.3) is 10.2 Å². The van der Waals surface area contributed by atoms with Gasteiger partial charge in [-0.15, -0.1) is 0 Å². The molecular formula is C20H23N3OS. The predicted molar refractivity (Wildman–Crippen MR) is 105 cm³/mol. The molecule has 0 aliphatic carbocycles. The summed E-state index contributed by atoms with van der Waals surface area (Å²) in [5.74, 6) is 0.101. The molecule has 130 valence electrons. The Labute approximate surface area is 152 Å². The first-order valence-corrected chi connectivity index (χ1v) is 9.30. The lowest BCUT2D eigenvalue weighted by Crippen LogP contribution is -2.34. The SMILES string of the molecule is CN(C)CCCN(C(=O)Cc1ccccc1)c1nc2ccccc2s1. The monoisotopic (exact) mass is 353 g/mol. The minimum Gasteiger partial charge on any atom is -0.309 e. The summed E-state index contributed by atoms with van der Waals surface area (Å²) in [7, 11) is 4.10. The summed E-state index contributed by atoms with van der Waals surface area (Å²) < 4.78 is 1.11. The standard InChI is InChI=1S/C20H23N3OS/c1-22(2)13-8-14-23(19(24)15-16-9-4-3-5-10-16)20-21-17-11-6-7-12-18(17)25-20/h3-7,9-12H,8,13-15H2,1-2H3. The third-order valence-electron chi connectivity index (χ3n) is 4.00. The Morgan fingerprint density at radius 3 is 2.44 bits per heavy atom. The fourth-order valence-corrected chi connectivity index (χ4v) is 3.72. The first kappa shape index (κ1) is 17.6. The molecular weight excluding hydrogens is 330 g/mol. The van der Waals surface area contributed by atoms with Crippen LogP contribution >= 0.6 is 11.3 Å². The summed E-state index contributed by atoms with van der Waals surface area (Å²) in [5, 5.41) is 0.792. The van der Waals surface area contributed by atoms with Gasteiger partial charge in [0.15, 0.2) is 5.13 Å². The van der Waals surface area contributed by atoms with Gasteiger partial charge in [0.25, 0.3) is 0 Å². The number of benzene rings is 2. The van der Waals surface area contributed by atoms with E-state index in [9.17, 15) is 4.79 Å². The maximum Gasteiger partial charge on any atom is 0.233 e. The third-order valence-corrected chi connectivity index (χ3v) is 5.06. The van der Waals surface area contributed by atoms with Crippen molar-refractivity contribution in [1.82, 2.24) is 9.88 Å². The van der Waals surface area contributed by atoms with E-state index in [1.807, 2.05) is 67.5 Å². The lowest BCUT2D eigenvalue weighted by atomic mass is 10.1. The molecule has 0 saturated heterocycles. The van der Waals surface area contributed by atoms with Gasteiger partial charge in [-0.05, 0) is 44.8 Å². The average Bonchev–Trinajstić information content (AvgIpc) is 3.03. The van der Waals surface area contributed by atoms with Gasteiger partial charge in [0.1, 0.15) is 0 Å². The van der Waals surface area contributed by atoms with Gasteiger partial charge in [-0.2, -0.15) is 0 Å². The van der Waals surface area contributed by atoms with Crippen molar-refractivity contribution < 1.29 is 4.79 Å². The second-order valence-corrected chi connectivity index (χ2v) is 7.34. The first-order chi connectivity index (χ1) is 12.1. The van der Waals surface area contributed by atoms with Gasteiger partial charge >= 0.3 is 0 Å². The van der Waals surface area contributed by atoms with Gasteiger partial charge in [0, 0.05) is 6.54 Å². The van der Waals surface area contributed by atoms with Crippen molar-refractivity contribution in [3.8, 4) is 0 Å². The van der Waals surface area contributed by atoms with Gasteiger partial charge in [-0.1, -0.05) is 53.8 Å². The summed E-state index contributed by atoms with van der Waals surface area (Å²) in [4.78, 5) is 21.6. The van der Waals surface area contributed by atoms with Gasteiger partial charge in [0.05, 0.1) is 16.6 Å². The number of rotatable bonds is 7. The maximum absolute atomic E-state index is 12.9. The minimum atomic E-state index is 0.101. The van der Waals surface area contributed by atoms with Crippen LogP contribution in [0.5, 0.6) is 0 Å². The Bertz CT molecular complexity index is 796. The minimum absolute atomic E-state index is 0.101. The number of hydrogen-bond donors (Lipinski definition) is 0. The average molecular weight is 353 g/mol. The van der Waals surface area contributed by atoms with Crippen molar-refractivity contribution in [1.29, 1.82) is 0 Å². The Balaban J connectivity index is 1.82. The number of aromatic nitrogens is 1. The maximum atomic E-state index is 12.9. The highest BCUT2D eigenvalue weighted by Gasteiger charge is 2.19. The molecule has 1 aromatic heterocycles. The van der Waals surface area contributed by atoms with E-state index in [-0.39, 0.29) is 5.91 Å². The molecule has 0 aliphatic rings. The van der Waals surface area contributed by atoms with Crippen molar-refractivity contribution in [3.05, 3.63) is 60.2 Å². The molecule has 0 fully saturated rings. The molecule has 25 heavy (non-hydrogen) atoms. The summed E-state index contributed by atoms with van der Waals surface area (Å²) in [5.41, 5.74) is 1.99. The molecule has 2 aromatic carbocycles. The lowest BCUT2D eigenvalue weighted by molar-refractivity contribution is -0.118. The van der Waals surface area contributed by atoms with E-state index in [0.29, 0.717) is 13.0 Å². The van der Waals surface area contributed by atoms with E-state index < -0.39 is 0 Å². The van der Waals surface area contributed by atoms with Gasteiger partial charge in [-0.3, -0.25) is 9.69 Å². The first-order valence-electron chi connectivity index (χ1n) is 8.48. The molecule has 0 atom stereocenters. The van der Waals surface area contributed by atoms with Crippen molar-refractivity contribution in [3.63, 3.8) is 0 Å². The van der Waals surface area contributed by atoms with E-state index in [2.05, 4.69) is 16.0 Å². The topological polar surface area (TPSA) is 36.4 Å². The van der Waals surface area contributed by atoms with Crippen molar-refractivity contribution in [2.75, 3.05) is 32.1 Å². The quantitative estimate of drug-likeness (QED) is 0.648. The fraction of sp³-hybridized carbons (Fsp3) is 0.300. The molecule has 0 aliphatic heterocycles. The third kappa shape index (κ3) is 4.65. The predicted octanol–water partition coefficient (Wildman–Crippen LogP) is 3.82. The second kappa shape index (κ2) is 8.23. The summed E-state index contributed by atoms with van der Waals surface area (Å²) in [6.07, 6.45) is 1.32. The van der Waals surface area contributed by atoms with Crippen LogP contribution in [0.15, 0.2) is 54.6 Å². The highest BCUT2D eigenvalue weighted by Crippen LogP contribution is 2.29. The van der Waals surface area contributed by atoms with E-state index >= 15 is 0 Å². The smallest absolute Gasteiger partial charge is 0.233 e. The number of nitrogens with zero attached hydrogens (tertiary/aromatic N) is 3. The molecule has 0 spiro atoms. The summed E-state index contributed by atoms with van der Waals surface area (Å²) >= 11 is 1.58. The largest absolute Gasteiger partial charge is 0.309 e. The highest BCUT2D eigenvalue weighted by molar-refractivity contribution is 7.22. The van der Waals surface area contributed by atoms with E-state index in [1.165, 1.54) is 0 Å². The van der Waals surface area contributed by atoms with E-state index in [1.54, 1.807) is 11.3 Å². The molecule has 3 aromatic rings. The summed E-state index contributed by atoms with van der Waals surface area (Å²) in [6.45, 7) is 1.63. The second-order valence-electron chi connectivity index (χ2n) is 6.33. The Hall–Kier alpha value is -2.24. The number of hydrogen-bond acceptors (Lipinski definition) is 4. The highest BCUT2D eigenvalue weighted by atomic mass is 32.1. The number of thiazole rings is 1. The van der Waals surface area contributed by atoms with Gasteiger partial charge < -0.3 is 4.90 Å². The van der Waals surface area contributed by atoms with Crippen LogP contribution in [-0.2, 0) is 11.2 Å². The van der Waals surface area contributed by atoms with Gasteiger partial charge in [0.2, 0.25) is 5.91 Å². The molecule has 0 bridgehead atoms. The normalized spacial score (nSPS) is 11.2. The molecule has 1 amide bonds. The van der Waals surface area contributed by atoms with Crippen molar-refractivity contribution in [2.45, 2.75) is 12.8 Å². The van der Waals surface area contributed by atoms with Crippen molar-refractivity contribution in [2.24, 2.45) is 0 Å². The number of para-hydroxylation sites is 1. The van der Waals surface area contributed by atoms with Crippen LogP contribution in [0.1, 0.15) is 12.0 Å². The van der Waals surface area contributed by atoms with Crippen LogP contribution in [0.3, 0.4) is 0 Å². The summed E-state index contributed by atoms with van der Waals surface area (Å²) in [6, 6.07) is 17.9. The van der Waals surface area contributed by atoms with Crippen LogP contribution < -0.4 is 4.90 Å². The Kier molecular flexibility index (Phi) is 5.79. The molecule has 4 nitrogen and oxygen atoms in total. The molecule has 0 N–H and O–H groups in total. The van der Waals surface area contributed by atoms with E-state index in [0.717, 1.165) is 33.9 Å². The zero-order valence-corrected chi connectivity index (χ0v) is 15.5. The molecule has 3 rings (SSSR count). The fourth-order valence-electron chi connectivity index (χ4n) is 2.71. The van der Waals surface area contributed by atoms with Crippen LogP contribution in [0.2, 0.25) is 0 Å². The molecule has 0 saturated carbocycles. The van der Waals surface area contributed by atoms with Crippen LogP contribution in [-0.4, -0.2) is 43.0 Å².